The fraction of sp³-hybridized carbons (Fsp3) is 0.571. The van der Waals surface area contributed by atoms with Crippen molar-refractivity contribution in [2.45, 2.75) is 31.8 Å². The van der Waals surface area contributed by atoms with Crippen LogP contribution in [0.2, 0.25) is 0 Å². The number of hydrogen-bond acceptors (Lipinski definition) is 5. The Balaban J connectivity index is 1.94. The van der Waals surface area contributed by atoms with E-state index < -0.39 is 0 Å². The molecule has 104 valence electrons. The van der Waals surface area contributed by atoms with E-state index in [1.165, 1.54) is 7.11 Å². The number of ether oxygens (including phenoxy) is 1. The van der Waals surface area contributed by atoms with E-state index in [4.69, 9.17) is 4.74 Å². The Hall–Kier alpha value is -1.62. The van der Waals surface area contributed by atoms with Gasteiger partial charge in [-0.1, -0.05) is 0 Å². The maximum atomic E-state index is 11.6. The quantitative estimate of drug-likeness (QED) is 0.812. The maximum Gasteiger partial charge on any atom is 0.341 e. The summed E-state index contributed by atoms with van der Waals surface area (Å²) in [5, 5.41) is 12.7. The predicted molar refractivity (Wildman–Crippen MR) is 72.0 cm³/mol. The minimum Gasteiger partial charge on any atom is -0.465 e. The van der Waals surface area contributed by atoms with Crippen molar-refractivity contribution in [2.24, 2.45) is 5.92 Å². The van der Waals surface area contributed by atoms with Crippen LogP contribution in [-0.4, -0.2) is 35.8 Å². The second-order valence-electron chi connectivity index (χ2n) is 4.95. The fourth-order valence-electron chi connectivity index (χ4n) is 2.41. The van der Waals surface area contributed by atoms with Gasteiger partial charge in [0.25, 0.3) is 0 Å². The molecular formula is C14H20N2O3. The number of aliphatic hydroxyl groups is 1. The zero-order chi connectivity index (χ0) is 13.7. The summed E-state index contributed by atoms with van der Waals surface area (Å²) in [4.78, 5) is 15.8. The van der Waals surface area contributed by atoms with Gasteiger partial charge in [0.2, 0.25) is 0 Å². The number of pyridine rings is 1. The highest BCUT2D eigenvalue weighted by atomic mass is 16.5. The molecule has 19 heavy (non-hydrogen) atoms. The normalized spacial score (nSPS) is 22.8. The lowest BCUT2D eigenvalue weighted by Gasteiger charge is -2.25. The predicted octanol–water partition coefficient (Wildman–Crippen LogP) is 1.83. The molecule has 0 saturated heterocycles. The number of aliphatic hydroxyl groups excluding tert-OH is 1. The average molecular weight is 264 g/mol. The van der Waals surface area contributed by atoms with Crippen molar-refractivity contribution in [3.8, 4) is 0 Å². The Morgan fingerprint density at radius 1 is 1.47 bits per heavy atom. The number of rotatable bonds is 4. The summed E-state index contributed by atoms with van der Waals surface area (Å²) in [7, 11) is 1.36. The minimum absolute atomic E-state index is 0.142. The lowest BCUT2D eigenvalue weighted by Crippen LogP contribution is -2.24. The second-order valence-corrected chi connectivity index (χ2v) is 4.95. The van der Waals surface area contributed by atoms with Gasteiger partial charge in [-0.05, 0) is 43.7 Å². The van der Waals surface area contributed by atoms with Gasteiger partial charge in [-0.15, -0.1) is 0 Å². The molecule has 5 nitrogen and oxygen atoms in total. The molecule has 1 aliphatic rings. The molecule has 0 aliphatic heterocycles. The Labute approximate surface area is 113 Å². The van der Waals surface area contributed by atoms with E-state index in [0.29, 0.717) is 17.3 Å². The van der Waals surface area contributed by atoms with Gasteiger partial charge in [0, 0.05) is 12.7 Å². The highest BCUT2D eigenvalue weighted by Gasteiger charge is 2.20. The van der Waals surface area contributed by atoms with Gasteiger partial charge in [0.05, 0.1) is 13.2 Å². The van der Waals surface area contributed by atoms with Crippen LogP contribution in [0.15, 0.2) is 18.3 Å². The summed E-state index contributed by atoms with van der Waals surface area (Å²) in [5.74, 6) is 0.714. The summed E-state index contributed by atoms with van der Waals surface area (Å²) in [5.41, 5.74) is 0.459. The van der Waals surface area contributed by atoms with Gasteiger partial charge in [0.15, 0.2) is 0 Å². The van der Waals surface area contributed by atoms with Crippen LogP contribution in [0.4, 0.5) is 5.82 Å². The van der Waals surface area contributed by atoms with Gasteiger partial charge in [-0.25, -0.2) is 9.78 Å². The number of methoxy groups -OCH3 is 1. The van der Waals surface area contributed by atoms with Gasteiger partial charge < -0.3 is 15.2 Å². The molecule has 2 N–H and O–H groups in total. The number of nitrogens with zero attached hydrogens (tertiary/aromatic N) is 1. The molecule has 1 aromatic heterocycles. The third-order valence-corrected chi connectivity index (χ3v) is 3.59. The number of carbonyl (C=O) groups excluding carboxylic acids is 1. The van der Waals surface area contributed by atoms with Gasteiger partial charge >= 0.3 is 5.97 Å². The Kier molecular flexibility index (Phi) is 4.74. The zero-order valence-electron chi connectivity index (χ0n) is 11.1. The molecule has 1 aliphatic carbocycles. The molecule has 0 aromatic carbocycles. The molecule has 1 aromatic rings. The fourth-order valence-corrected chi connectivity index (χ4v) is 2.41. The molecule has 1 fully saturated rings. The molecule has 0 spiro atoms. The van der Waals surface area contributed by atoms with Crippen LogP contribution in [0.5, 0.6) is 0 Å². The number of nitrogens with one attached hydrogen (secondary N) is 1. The van der Waals surface area contributed by atoms with Crippen molar-refractivity contribution in [3.05, 3.63) is 23.9 Å². The van der Waals surface area contributed by atoms with Crippen molar-refractivity contribution in [3.63, 3.8) is 0 Å². The Bertz CT molecular complexity index is 428. The van der Waals surface area contributed by atoms with E-state index in [-0.39, 0.29) is 12.1 Å². The van der Waals surface area contributed by atoms with E-state index in [2.05, 4.69) is 10.3 Å². The van der Waals surface area contributed by atoms with E-state index in [1.54, 1.807) is 18.3 Å². The summed E-state index contributed by atoms with van der Waals surface area (Å²) >= 11 is 0. The topological polar surface area (TPSA) is 71.5 Å². The number of aromatic nitrogens is 1. The van der Waals surface area contributed by atoms with E-state index in [9.17, 15) is 9.90 Å². The number of esters is 1. The molecule has 1 saturated carbocycles. The lowest BCUT2D eigenvalue weighted by atomic mass is 9.87. The van der Waals surface area contributed by atoms with Crippen LogP contribution >= 0.6 is 0 Å². The first-order chi connectivity index (χ1) is 9.20. The molecule has 2 rings (SSSR count). The number of anilines is 1. The largest absolute Gasteiger partial charge is 0.465 e. The highest BCUT2D eigenvalue weighted by Crippen LogP contribution is 2.24. The standard InChI is InChI=1S/C14H20N2O3/c1-19-14(18)12-3-2-8-15-13(12)16-9-10-4-6-11(17)7-5-10/h2-3,8,10-11,17H,4-7,9H2,1H3,(H,15,16). The van der Waals surface area contributed by atoms with Crippen LogP contribution < -0.4 is 5.32 Å². The molecule has 0 unspecified atom stereocenters. The molecule has 0 bridgehead atoms. The molecule has 5 heteroatoms. The maximum absolute atomic E-state index is 11.6. The van der Waals surface area contributed by atoms with E-state index in [0.717, 1.165) is 32.2 Å². The van der Waals surface area contributed by atoms with Crippen molar-refractivity contribution < 1.29 is 14.6 Å². The lowest BCUT2D eigenvalue weighted by molar-refractivity contribution is 0.0601. The first kappa shape index (κ1) is 13.8. The second kappa shape index (κ2) is 6.52. The summed E-state index contributed by atoms with van der Waals surface area (Å²) in [6.07, 6.45) is 5.25. The first-order valence-corrected chi connectivity index (χ1v) is 6.66. The summed E-state index contributed by atoms with van der Waals surface area (Å²) in [6.45, 7) is 0.772. The SMILES string of the molecule is COC(=O)c1cccnc1NCC1CCC(O)CC1. The smallest absolute Gasteiger partial charge is 0.341 e. The van der Waals surface area contributed by atoms with Gasteiger partial charge in [0.1, 0.15) is 11.4 Å². The first-order valence-electron chi connectivity index (χ1n) is 6.66. The van der Waals surface area contributed by atoms with Crippen LogP contribution in [0.3, 0.4) is 0 Å². The van der Waals surface area contributed by atoms with Crippen LogP contribution in [0.25, 0.3) is 0 Å². The molecule has 0 amide bonds. The molecular weight excluding hydrogens is 244 g/mol. The van der Waals surface area contributed by atoms with Gasteiger partial charge in [-0.2, -0.15) is 0 Å². The van der Waals surface area contributed by atoms with Crippen LogP contribution in [0.1, 0.15) is 36.0 Å². The Morgan fingerprint density at radius 3 is 2.89 bits per heavy atom. The van der Waals surface area contributed by atoms with Crippen molar-refractivity contribution >= 4 is 11.8 Å². The molecule has 0 radical (unpaired) electrons. The summed E-state index contributed by atoms with van der Waals surface area (Å²) in [6, 6.07) is 3.42. The Morgan fingerprint density at radius 2 is 2.21 bits per heavy atom. The van der Waals surface area contributed by atoms with E-state index in [1.807, 2.05) is 0 Å². The monoisotopic (exact) mass is 264 g/mol. The van der Waals surface area contributed by atoms with Gasteiger partial charge in [-0.3, -0.25) is 0 Å². The number of carbonyl (C=O) groups is 1. The molecule has 0 atom stereocenters. The number of hydrogen-bond donors (Lipinski definition) is 2. The van der Waals surface area contributed by atoms with Crippen LogP contribution in [-0.2, 0) is 4.74 Å². The van der Waals surface area contributed by atoms with Crippen molar-refractivity contribution in [1.82, 2.24) is 4.98 Å². The third kappa shape index (κ3) is 3.67. The molecule has 1 heterocycles. The summed E-state index contributed by atoms with van der Waals surface area (Å²) < 4.78 is 4.73. The highest BCUT2D eigenvalue weighted by molar-refractivity contribution is 5.94. The van der Waals surface area contributed by atoms with Crippen molar-refractivity contribution in [1.29, 1.82) is 0 Å². The van der Waals surface area contributed by atoms with Crippen molar-refractivity contribution in [2.75, 3.05) is 19.0 Å². The zero-order valence-corrected chi connectivity index (χ0v) is 11.1. The van der Waals surface area contributed by atoms with Crippen LogP contribution in [0, 0.1) is 5.92 Å². The minimum atomic E-state index is -0.380. The average Bonchev–Trinajstić information content (AvgIpc) is 2.46. The van der Waals surface area contributed by atoms with E-state index >= 15 is 0 Å². The third-order valence-electron chi connectivity index (χ3n) is 3.59.